The minimum absolute atomic E-state index is 0.00974. The molecule has 1 aliphatic rings. The second kappa shape index (κ2) is 5.53. The summed E-state index contributed by atoms with van der Waals surface area (Å²) in [6, 6.07) is 7.54. The van der Waals surface area contributed by atoms with Gasteiger partial charge in [0, 0.05) is 7.05 Å². The summed E-state index contributed by atoms with van der Waals surface area (Å²) in [4.78, 5) is 14.2. The quantitative estimate of drug-likeness (QED) is 0.873. The van der Waals surface area contributed by atoms with Crippen LogP contribution in [0.15, 0.2) is 24.3 Å². The second-order valence-electron chi connectivity index (χ2n) is 5.82. The van der Waals surface area contributed by atoms with Gasteiger partial charge in [0.2, 0.25) is 0 Å². The number of aromatic nitrogens is 3. The van der Waals surface area contributed by atoms with Crippen molar-refractivity contribution >= 4 is 5.91 Å². The van der Waals surface area contributed by atoms with Crippen LogP contribution >= 0.6 is 0 Å². The fourth-order valence-corrected chi connectivity index (χ4v) is 2.77. The molecule has 1 aromatic heterocycles. The van der Waals surface area contributed by atoms with Gasteiger partial charge in [-0.05, 0) is 32.9 Å². The molecule has 1 aromatic carbocycles. The molecule has 1 amide bonds. The van der Waals surface area contributed by atoms with E-state index in [4.69, 9.17) is 4.74 Å². The van der Waals surface area contributed by atoms with Gasteiger partial charge >= 0.3 is 0 Å². The summed E-state index contributed by atoms with van der Waals surface area (Å²) in [5.41, 5.74) is 1.47. The smallest absolute Gasteiger partial charge is 0.256 e. The Kier molecular flexibility index (Phi) is 3.70. The van der Waals surface area contributed by atoms with Gasteiger partial charge in [0.05, 0.1) is 23.9 Å². The van der Waals surface area contributed by atoms with Crippen LogP contribution in [-0.4, -0.2) is 38.7 Å². The first-order valence-electron chi connectivity index (χ1n) is 7.43. The minimum atomic E-state index is -0.201. The zero-order valence-corrected chi connectivity index (χ0v) is 13.3. The lowest BCUT2D eigenvalue weighted by Crippen LogP contribution is -2.25. The normalized spacial score (nSPS) is 15.5. The molecule has 0 spiro atoms. The topological polar surface area (TPSA) is 60.3 Å². The van der Waals surface area contributed by atoms with Gasteiger partial charge in [-0.2, -0.15) is 0 Å². The molecule has 0 saturated heterocycles. The van der Waals surface area contributed by atoms with Crippen LogP contribution in [0, 0.1) is 0 Å². The van der Waals surface area contributed by atoms with Gasteiger partial charge < -0.3 is 9.64 Å². The molecule has 0 saturated carbocycles. The number of ether oxygens (including phenoxy) is 1. The van der Waals surface area contributed by atoms with Crippen LogP contribution in [0.1, 0.15) is 48.9 Å². The predicted molar refractivity (Wildman–Crippen MR) is 81.8 cm³/mol. The highest BCUT2D eigenvalue weighted by Crippen LogP contribution is 2.27. The molecular formula is C16H20N4O2. The number of rotatable bonds is 3. The summed E-state index contributed by atoms with van der Waals surface area (Å²) in [5.74, 6) is 1.46. The first kappa shape index (κ1) is 14.7. The van der Waals surface area contributed by atoms with Crippen LogP contribution in [0.5, 0.6) is 0 Å². The molecule has 0 fully saturated rings. The largest absolute Gasteiger partial charge is 0.368 e. The lowest BCUT2D eigenvalue weighted by Gasteiger charge is -2.17. The third-order valence-electron chi connectivity index (χ3n) is 3.70. The zero-order valence-electron chi connectivity index (χ0n) is 13.3. The summed E-state index contributed by atoms with van der Waals surface area (Å²) >= 11 is 0. The average Bonchev–Trinajstić information content (AvgIpc) is 2.85. The van der Waals surface area contributed by atoms with Crippen LogP contribution in [0.3, 0.4) is 0 Å². The Balaban J connectivity index is 2.16. The molecule has 6 heteroatoms. The molecule has 6 nitrogen and oxygen atoms in total. The predicted octanol–water partition coefficient (Wildman–Crippen LogP) is 2.34. The van der Waals surface area contributed by atoms with Gasteiger partial charge in [-0.15, -0.1) is 10.2 Å². The maximum atomic E-state index is 12.5. The summed E-state index contributed by atoms with van der Waals surface area (Å²) < 4.78 is 7.80. The zero-order chi connectivity index (χ0) is 15.9. The molecule has 0 radical (unpaired) electrons. The Labute approximate surface area is 129 Å². The maximum Gasteiger partial charge on any atom is 0.256 e. The van der Waals surface area contributed by atoms with Gasteiger partial charge in [-0.1, -0.05) is 12.1 Å². The van der Waals surface area contributed by atoms with Crippen molar-refractivity contribution in [1.29, 1.82) is 0 Å². The number of carbonyl (C=O) groups excluding carboxylic acids is 1. The molecule has 2 heterocycles. The maximum absolute atomic E-state index is 12.5. The highest BCUT2D eigenvalue weighted by molar-refractivity contribution is 5.98. The Hall–Kier alpha value is -2.21. The van der Waals surface area contributed by atoms with Gasteiger partial charge in [-0.3, -0.25) is 9.36 Å². The van der Waals surface area contributed by atoms with E-state index in [1.165, 1.54) is 0 Å². The van der Waals surface area contributed by atoms with E-state index >= 15 is 0 Å². The van der Waals surface area contributed by atoms with Crippen LogP contribution in [0.4, 0.5) is 0 Å². The van der Waals surface area contributed by atoms with Crippen molar-refractivity contribution in [3.63, 3.8) is 0 Å². The van der Waals surface area contributed by atoms with Gasteiger partial charge in [0.15, 0.2) is 11.6 Å². The summed E-state index contributed by atoms with van der Waals surface area (Å²) in [6.07, 6.45) is -0.110. The van der Waals surface area contributed by atoms with Gasteiger partial charge in [0.1, 0.15) is 6.10 Å². The number of hydrogen-bond donors (Lipinski definition) is 0. The van der Waals surface area contributed by atoms with E-state index in [1.54, 1.807) is 11.9 Å². The molecule has 1 aliphatic heterocycles. The van der Waals surface area contributed by atoms with Crippen molar-refractivity contribution < 1.29 is 9.53 Å². The molecule has 0 aliphatic carbocycles. The van der Waals surface area contributed by atoms with Gasteiger partial charge in [0.25, 0.3) is 5.91 Å². The Morgan fingerprint density at radius 2 is 1.91 bits per heavy atom. The molecule has 0 N–H and O–H groups in total. The number of fused-ring (bicyclic) bond motifs is 3. The van der Waals surface area contributed by atoms with Crippen LogP contribution in [0.25, 0.3) is 5.69 Å². The first-order valence-corrected chi connectivity index (χ1v) is 7.43. The van der Waals surface area contributed by atoms with E-state index in [0.29, 0.717) is 12.1 Å². The lowest BCUT2D eigenvalue weighted by atomic mass is 10.1. The monoisotopic (exact) mass is 300 g/mol. The number of carbonyl (C=O) groups is 1. The summed E-state index contributed by atoms with van der Waals surface area (Å²) in [7, 11) is 1.77. The van der Waals surface area contributed by atoms with E-state index in [9.17, 15) is 4.79 Å². The average molecular weight is 300 g/mol. The number of hydrogen-bond acceptors (Lipinski definition) is 4. The number of nitrogens with zero attached hydrogens (tertiary/aromatic N) is 4. The Morgan fingerprint density at radius 3 is 2.64 bits per heavy atom. The standard InChI is InChI=1S/C16H20N4O2/c1-10(2)22-11(3)15-18-17-14-9-19(4)16(21)12-7-5-6-8-13(12)20(14)15/h5-8,10-11H,9H2,1-4H3. The van der Waals surface area contributed by atoms with E-state index in [0.717, 1.165) is 17.3 Å². The molecule has 1 unspecified atom stereocenters. The van der Waals surface area contributed by atoms with Crippen molar-refractivity contribution in [2.75, 3.05) is 7.05 Å². The van der Waals surface area contributed by atoms with Crippen molar-refractivity contribution in [2.45, 2.75) is 39.5 Å². The van der Waals surface area contributed by atoms with E-state index in [2.05, 4.69) is 10.2 Å². The number of benzene rings is 1. The minimum Gasteiger partial charge on any atom is -0.368 e. The van der Waals surface area contributed by atoms with Gasteiger partial charge in [-0.25, -0.2) is 0 Å². The van der Waals surface area contributed by atoms with E-state index in [-0.39, 0.29) is 18.1 Å². The number of para-hydroxylation sites is 1. The van der Waals surface area contributed by atoms with E-state index in [1.807, 2.05) is 49.6 Å². The molecular weight excluding hydrogens is 280 g/mol. The highest BCUT2D eigenvalue weighted by atomic mass is 16.5. The second-order valence-corrected chi connectivity index (χ2v) is 5.82. The van der Waals surface area contributed by atoms with Crippen molar-refractivity contribution in [3.8, 4) is 5.69 Å². The summed E-state index contributed by atoms with van der Waals surface area (Å²) in [6.45, 7) is 6.36. The molecule has 3 rings (SSSR count). The van der Waals surface area contributed by atoms with Crippen LogP contribution < -0.4 is 0 Å². The first-order chi connectivity index (χ1) is 10.5. The molecule has 2 aromatic rings. The lowest BCUT2D eigenvalue weighted by molar-refractivity contribution is 0.0118. The Morgan fingerprint density at radius 1 is 1.18 bits per heavy atom. The fourth-order valence-electron chi connectivity index (χ4n) is 2.77. The fraction of sp³-hybridized carbons (Fsp3) is 0.438. The van der Waals surface area contributed by atoms with Crippen LogP contribution in [0.2, 0.25) is 0 Å². The third-order valence-corrected chi connectivity index (χ3v) is 3.70. The molecule has 116 valence electrons. The van der Waals surface area contributed by atoms with Crippen LogP contribution in [-0.2, 0) is 11.3 Å². The van der Waals surface area contributed by atoms with Crippen molar-refractivity contribution in [1.82, 2.24) is 19.7 Å². The Bertz CT molecular complexity index is 708. The molecule has 0 bridgehead atoms. The molecule has 22 heavy (non-hydrogen) atoms. The summed E-state index contributed by atoms with van der Waals surface area (Å²) in [5, 5.41) is 8.57. The third kappa shape index (κ3) is 2.39. The highest BCUT2D eigenvalue weighted by Gasteiger charge is 2.28. The number of amides is 1. The SMILES string of the molecule is CC(C)OC(C)c1nnc2n1-c1ccccc1C(=O)N(C)C2. The van der Waals surface area contributed by atoms with Crippen molar-refractivity contribution in [3.05, 3.63) is 41.5 Å². The van der Waals surface area contributed by atoms with Crippen molar-refractivity contribution in [2.24, 2.45) is 0 Å². The molecule has 1 atom stereocenters. The van der Waals surface area contributed by atoms with E-state index < -0.39 is 0 Å².